The van der Waals surface area contributed by atoms with Crippen LogP contribution in [0.2, 0.25) is 5.02 Å². The molecule has 5 heteroatoms. The number of aliphatic hydroxyl groups is 2. The predicted molar refractivity (Wildman–Crippen MR) is 56.3 cm³/mol. The molecule has 3 nitrogen and oxygen atoms in total. The summed E-state index contributed by atoms with van der Waals surface area (Å²) in [5, 5.41) is 20.6. The lowest BCUT2D eigenvalue weighted by molar-refractivity contribution is 0.227. The summed E-state index contributed by atoms with van der Waals surface area (Å²) in [6, 6.07) is 3.96. The van der Waals surface area contributed by atoms with Crippen LogP contribution in [0.4, 0.5) is 4.39 Å². The second-order valence-corrected chi connectivity index (χ2v) is 3.49. The van der Waals surface area contributed by atoms with Gasteiger partial charge in [0.2, 0.25) is 0 Å². The largest absolute Gasteiger partial charge is 0.395 e. The predicted octanol–water partition coefficient (Wildman–Crippen LogP) is 1.09. The van der Waals surface area contributed by atoms with Gasteiger partial charge in [-0.3, -0.25) is 0 Å². The van der Waals surface area contributed by atoms with E-state index in [1.807, 2.05) is 0 Å². The summed E-state index contributed by atoms with van der Waals surface area (Å²) in [4.78, 5) is 0. The van der Waals surface area contributed by atoms with Crippen molar-refractivity contribution in [3.63, 3.8) is 0 Å². The van der Waals surface area contributed by atoms with Crippen molar-refractivity contribution >= 4 is 11.6 Å². The Balaban J connectivity index is 2.78. The van der Waals surface area contributed by atoms with Crippen LogP contribution < -0.4 is 5.32 Å². The molecule has 1 aromatic carbocycles. The van der Waals surface area contributed by atoms with Gasteiger partial charge in [-0.1, -0.05) is 17.7 Å². The molecule has 0 bridgehead atoms. The van der Waals surface area contributed by atoms with Crippen LogP contribution >= 0.6 is 11.6 Å². The van der Waals surface area contributed by atoms with Crippen molar-refractivity contribution in [2.75, 3.05) is 19.8 Å². The van der Waals surface area contributed by atoms with E-state index in [9.17, 15) is 4.39 Å². The van der Waals surface area contributed by atoms with Gasteiger partial charge >= 0.3 is 0 Å². The summed E-state index contributed by atoms with van der Waals surface area (Å²) in [6.45, 7) is 0.142. The minimum absolute atomic E-state index is 0.0351. The van der Waals surface area contributed by atoms with Crippen molar-refractivity contribution < 1.29 is 14.6 Å². The lowest BCUT2D eigenvalue weighted by Crippen LogP contribution is -2.27. The van der Waals surface area contributed by atoms with Crippen molar-refractivity contribution in [1.29, 1.82) is 0 Å². The topological polar surface area (TPSA) is 52.5 Å². The summed E-state index contributed by atoms with van der Waals surface area (Å²) in [5.41, 5.74) is 0.604. The highest BCUT2D eigenvalue weighted by Gasteiger charge is 2.11. The second-order valence-electron chi connectivity index (χ2n) is 3.09. The van der Waals surface area contributed by atoms with E-state index in [1.165, 1.54) is 12.1 Å². The van der Waals surface area contributed by atoms with Crippen LogP contribution in [0.1, 0.15) is 11.6 Å². The van der Waals surface area contributed by atoms with Crippen LogP contribution in [0.15, 0.2) is 18.2 Å². The SMILES string of the molecule is OCCN[C@@H](CO)c1ccc(Cl)c(F)c1. The van der Waals surface area contributed by atoms with Crippen molar-refractivity contribution in [2.45, 2.75) is 6.04 Å². The molecule has 15 heavy (non-hydrogen) atoms. The Morgan fingerprint density at radius 3 is 2.67 bits per heavy atom. The van der Waals surface area contributed by atoms with Gasteiger partial charge in [-0.2, -0.15) is 0 Å². The smallest absolute Gasteiger partial charge is 0.142 e. The molecule has 0 aliphatic carbocycles. The van der Waals surface area contributed by atoms with Crippen LogP contribution in [-0.4, -0.2) is 30.0 Å². The van der Waals surface area contributed by atoms with Crippen molar-refractivity contribution in [3.05, 3.63) is 34.6 Å². The molecule has 0 aliphatic heterocycles. The highest BCUT2D eigenvalue weighted by atomic mass is 35.5. The average Bonchev–Trinajstić information content (AvgIpc) is 2.24. The first kappa shape index (κ1) is 12.4. The van der Waals surface area contributed by atoms with Gasteiger partial charge in [-0.05, 0) is 17.7 Å². The molecule has 0 heterocycles. The van der Waals surface area contributed by atoms with Gasteiger partial charge in [0.05, 0.1) is 24.3 Å². The first-order chi connectivity index (χ1) is 7.19. The van der Waals surface area contributed by atoms with Crippen molar-refractivity contribution in [3.8, 4) is 0 Å². The van der Waals surface area contributed by atoms with Gasteiger partial charge < -0.3 is 15.5 Å². The average molecular weight is 234 g/mol. The van der Waals surface area contributed by atoms with Gasteiger partial charge in [0.25, 0.3) is 0 Å². The monoisotopic (exact) mass is 233 g/mol. The zero-order chi connectivity index (χ0) is 11.3. The first-order valence-corrected chi connectivity index (χ1v) is 4.97. The summed E-state index contributed by atoms with van der Waals surface area (Å²) in [5.74, 6) is -0.515. The summed E-state index contributed by atoms with van der Waals surface area (Å²) < 4.78 is 13.1. The van der Waals surface area contributed by atoms with E-state index in [0.717, 1.165) is 0 Å². The standard InChI is InChI=1S/C10H13ClFNO2/c11-8-2-1-7(5-9(8)12)10(6-15)13-3-4-14/h1-2,5,10,13-15H,3-4,6H2/t10-/m0/s1. The van der Waals surface area contributed by atoms with Crippen molar-refractivity contribution in [2.24, 2.45) is 0 Å². The lowest BCUT2D eigenvalue weighted by atomic mass is 10.1. The van der Waals surface area contributed by atoms with Crippen LogP contribution in [0.3, 0.4) is 0 Å². The van der Waals surface area contributed by atoms with Gasteiger partial charge in [0.15, 0.2) is 0 Å². The third kappa shape index (κ3) is 3.43. The third-order valence-electron chi connectivity index (χ3n) is 2.03. The van der Waals surface area contributed by atoms with E-state index in [0.29, 0.717) is 12.1 Å². The maximum atomic E-state index is 13.1. The number of benzene rings is 1. The molecule has 0 aliphatic rings. The Morgan fingerprint density at radius 1 is 1.40 bits per heavy atom. The molecule has 3 N–H and O–H groups in total. The highest BCUT2D eigenvalue weighted by Crippen LogP contribution is 2.19. The Bertz CT molecular complexity index is 322. The Kier molecular flexibility index (Phi) is 4.98. The van der Waals surface area contributed by atoms with Crippen LogP contribution in [0.5, 0.6) is 0 Å². The number of rotatable bonds is 5. The third-order valence-corrected chi connectivity index (χ3v) is 2.34. The normalized spacial score (nSPS) is 12.8. The zero-order valence-electron chi connectivity index (χ0n) is 8.08. The van der Waals surface area contributed by atoms with Crippen molar-refractivity contribution in [1.82, 2.24) is 5.32 Å². The molecule has 1 atom stereocenters. The molecule has 0 saturated carbocycles. The Morgan fingerprint density at radius 2 is 2.13 bits per heavy atom. The molecule has 84 valence electrons. The van der Waals surface area contributed by atoms with Crippen LogP contribution in [0, 0.1) is 5.82 Å². The van der Waals surface area contributed by atoms with E-state index in [4.69, 9.17) is 21.8 Å². The lowest BCUT2D eigenvalue weighted by Gasteiger charge is -2.16. The Hall–Kier alpha value is -0.680. The number of nitrogens with one attached hydrogen (secondary N) is 1. The second kappa shape index (κ2) is 6.02. The fourth-order valence-corrected chi connectivity index (χ4v) is 1.37. The highest BCUT2D eigenvalue weighted by molar-refractivity contribution is 6.30. The summed E-state index contributed by atoms with van der Waals surface area (Å²) in [7, 11) is 0. The quantitative estimate of drug-likeness (QED) is 0.714. The van der Waals surface area contributed by atoms with Crippen LogP contribution in [0.25, 0.3) is 0 Å². The molecule has 0 fully saturated rings. The number of hydrogen-bond acceptors (Lipinski definition) is 3. The molecule has 0 radical (unpaired) electrons. The number of aliphatic hydroxyl groups excluding tert-OH is 2. The maximum absolute atomic E-state index is 13.1. The maximum Gasteiger partial charge on any atom is 0.142 e. The summed E-state index contributed by atoms with van der Waals surface area (Å²) >= 11 is 5.53. The molecule has 1 rings (SSSR count). The molecule has 1 aromatic rings. The first-order valence-electron chi connectivity index (χ1n) is 4.59. The molecular formula is C10H13ClFNO2. The van der Waals surface area contributed by atoms with E-state index in [1.54, 1.807) is 6.07 Å². The summed E-state index contributed by atoms with van der Waals surface area (Å²) in [6.07, 6.45) is 0. The number of hydrogen-bond donors (Lipinski definition) is 3. The molecular weight excluding hydrogens is 221 g/mol. The van der Waals surface area contributed by atoms with E-state index in [-0.39, 0.29) is 24.3 Å². The van der Waals surface area contributed by atoms with Gasteiger partial charge in [0.1, 0.15) is 5.82 Å². The van der Waals surface area contributed by atoms with Crippen LogP contribution in [-0.2, 0) is 0 Å². The fourth-order valence-electron chi connectivity index (χ4n) is 1.26. The van der Waals surface area contributed by atoms with Gasteiger partial charge in [-0.25, -0.2) is 4.39 Å². The van der Waals surface area contributed by atoms with Gasteiger partial charge in [-0.15, -0.1) is 0 Å². The Labute approximate surface area is 92.5 Å². The van der Waals surface area contributed by atoms with Gasteiger partial charge in [0, 0.05) is 6.54 Å². The molecule has 0 unspecified atom stereocenters. The fraction of sp³-hybridized carbons (Fsp3) is 0.400. The van der Waals surface area contributed by atoms with E-state index in [2.05, 4.69) is 5.32 Å². The minimum Gasteiger partial charge on any atom is -0.395 e. The minimum atomic E-state index is -0.515. The molecule has 0 aromatic heterocycles. The van der Waals surface area contributed by atoms with E-state index >= 15 is 0 Å². The zero-order valence-corrected chi connectivity index (χ0v) is 8.84. The molecule has 0 amide bonds. The van der Waals surface area contributed by atoms with E-state index < -0.39 is 5.82 Å². The molecule has 0 saturated heterocycles. The molecule has 0 spiro atoms. The number of halogens is 2.